The number of anilines is 1. The molecule has 0 aliphatic carbocycles. The first-order valence-electron chi connectivity index (χ1n) is 10.9. The monoisotopic (exact) mass is 415 g/mol. The molecule has 0 saturated carbocycles. The van der Waals surface area contributed by atoms with Crippen molar-refractivity contribution in [3.05, 3.63) is 71.1 Å². The first-order chi connectivity index (χ1) is 15.0. The third-order valence-corrected chi connectivity index (χ3v) is 6.44. The number of rotatable bonds is 4. The number of aromatic nitrogens is 5. The van der Waals surface area contributed by atoms with Gasteiger partial charge in [0.2, 0.25) is 0 Å². The highest BCUT2D eigenvalue weighted by molar-refractivity contribution is 5.48. The number of fused-ring (bicyclic) bond motifs is 1. The summed E-state index contributed by atoms with van der Waals surface area (Å²) in [6.45, 7) is 9.44. The van der Waals surface area contributed by atoms with Crippen molar-refractivity contribution in [2.45, 2.75) is 46.1 Å². The molecule has 0 radical (unpaired) electrons. The van der Waals surface area contributed by atoms with Gasteiger partial charge < -0.3 is 10.3 Å². The van der Waals surface area contributed by atoms with E-state index in [1.165, 1.54) is 17.0 Å². The standard InChI is InChI=1S/C24H29N7/c1-16-11-24-27-22(13-23(25)31(24)28-16)19-6-9-29(10-7-19)15-20-12-17(2)30(18(20)3)21-5-4-8-26-14-21/h4-5,8,11-14,19H,6-7,9-10,15,25H2,1-3H3. The fourth-order valence-electron chi connectivity index (χ4n) is 4.84. The van der Waals surface area contributed by atoms with Gasteiger partial charge in [0.25, 0.3) is 0 Å². The minimum atomic E-state index is 0.446. The lowest BCUT2D eigenvalue weighted by molar-refractivity contribution is 0.203. The van der Waals surface area contributed by atoms with Crippen molar-refractivity contribution in [2.75, 3.05) is 18.8 Å². The zero-order chi connectivity index (χ0) is 21.5. The molecule has 0 unspecified atom stereocenters. The summed E-state index contributed by atoms with van der Waals surface area (Å²) in [4.78, 5) is 11.7. The van der Waals surface area contributed by atoms with E-state index in [0.717, 1.165) is 55.2 Å². The lowest BCUT2D eigenvalue weighted by Crippen LogP contribution is -2.33. The zero-order valence-corrected chi connectivity index (χ0v) is 18.4. The van der Waals surface area contributed by atoms with Crippen LogP contribution in [0.5, 0.6) is 0 Å². The highest BCUT2D eigenvalue weighted by Gasteiger charge is 2.24. The van der Waals surface area contributed by atoms with Crippen LogP contribution in [-0.2, 0) is 6.54 Å². The number of pyridine rings is 1. The number of hydrogen-bond donors (Lipinski definition) is 1. The van der Waals surface area contributed by atoms with E-state index in [4.69, 9.17) is 10.7 Å². The second kappa shape index (κ2) is 7.81. The molecule has 2 N–H and O–H groups in total. The molecule has 0 amide bonds. The third kappa shape index (κ3) is 3.70. The highest BCUT2D eigenvalue weighted by Crippen LogP contribution is 2.30. The summed E-state index contributed by atoms with van der Waals surface area (Å²) < 4.78 is 4.02. The van der Waals surface area contributed by atoms with E-state index in [9.17, 15) is 0 Å². The predicted molar refractivity (Wildman–Crippen MR) is 122 cm³/mol. The first-order valence-corrected chi connectivity index (χ1v) is 10.9. The van der Waals surface area contributed by atoms with Crippen LogP contribution < -0.4 is 5.73 Å². The fourth-order valence-corrected chi connectivity index (χ4v) is 4.84. The highest BCUT2D eigenvalue weighted by atomic mass is 15.3. The minimum Gasteiger partial charge on any atom is -0.384 e. The minimum absolute atomic E-state index is 0.446. The molecule has 0 aromatic carbocycles. The number of nitrogen functional groups attached to an aromatic ring is 1. The average molecular weight is 416 g/mol. The topological polar surface area (TPSA) is 77.3 Å². The van der Waals surface area contributed by atoms with Crippen LogP contribution in [-0.4, -0.2) is 42.1 Å². The summed E-state index contributed by atoms with van der Waals surface area (Å²) in [7, 11) is 0. The van der Waals surface area contributed by atoms with Crippen molar-refractivity contribution >= 4 is 11.5 Å². The smallest absolute Gasteiger partial charge is 0.157 e. The second-order valence-electron chi connectivity index (χ2n) is 8.66. The van der Waals surface area contributed by atoms with E-state index < -0.39 is 0 Å². The summed E-state index contributed by atoms with van der Waals surface area (Å²) in [5, 5.41) is 4.41. The summed E-state index contributed by atoms with van der Waals surface area (Å²) in [6.07, 6.45) is 5.93. The molecule has 160 valence electrons. The molecule has 0 spiro atoms. The molecule has 4 aromatic rings. The molecule has 7 nitrogen and oxygen atoms in total. The van der Waals surface area contributed by atoms with Crippen molar-refractivity contribution in [1.29, 1.82) is 0 Å². The van der Waals surface area contributed by atoms with Crippen molar-refractivity contribution in [1.82, 2.24) is 29.0 Å². The molecule has 5 rings (SSSR count). The van der Waals surface area contributed by atoms with Crippen LogP contribution in [0.15, 0.2) is 42.7 Å². The maximum absolute atomic E-state index is 6.23. The quantitative estimate of drug-likeness (QED) is 0.549. The average Bonchev–Trinajstić information content (AvgIpc) is 3.28. The van der Waals surface area contributed by atoms with Gasteiger partial charge in [0.1, 0.15) is 5.82 Å². The van der Waals surface area contributed by atoms with Crippen molar-refractivity contribution in [2.24, 2.45) is 0 Å². The van der Waals surface area contributed by atoms with Crippen molar-refractivity contribution < 1.29 is 0 Å². The molecular weight excluding hydrogens is 386 g/mol. The van der Waals surface area contributed by atoms with Crippen molar-refractivity contribution in [3.8, 4) is 5.69 Å². The van der Waals surface area contributed by atoms with Crippen LogP contribution >= 0.6 is 0 Å². The van der Waals surface area contributed by atoms with Gasteiger partial charge in [0.15, 0.2) is 5.65 Å². The van der Waals surface area contributed by atoms with Crippen LogP contribution in [0.4, 0.5) is 5.82 Å². The molecule has 0 atom stereocenters. The molecule has 31 heavy (non-hydrogen) atoms. The molecule has 4 aromatic heterocycles. The van der Waals surface area contributed by atoms with E-state index in [1.54, 1.807) is 4.52 Å². The summed E-state index contributed by atoms with van der Waals surface area (Å²) in [5.41, 5.74) is 14.2. The number of nitrogens with zero attached hydrogens (tertiary/aromatic N) is 6. The summed E-state index contributed by atoms with van der Waals surface area (Å²) in [6, 6.07) is 10.4. The number of aryl methyl sites for hydroxylation is 2. The Bertz CT molecular complexity index is 1210. The SMILES string of the molecule is Cc1cc2nc(C3CCN(Cc4cc(C)n(-c5cccnc5)c4C)CC3)cc(N)n2n1. The Kier molecular flexibility index (Phi) is 4.98. The molecule has 1 aliphatic rings. The Balaban J connectivity index is 1.29. The van der Waals surface area contributed by atoms with Gasteiger partial charge in [-0.25, -0.2) is 4.98 Å². The first kappa shape index (κ1) is 19.8. The second-order valence-corrected chi connectivity index (χ2v) is 8.66. The van der Waals surface area contributed by atoms with Crippen molar-refractivity contribution in [3.63, 3.8) is 0 Å². The Morgan fingerprint density at radius 1 is 1.10 bits per heavy atom. The lowest BCUT2D eigenvalue weighted by Gasteiger charge is -2.31. The Hall–Kier alpha value is -3.19. The van der Waals surface area contributed by atoms with E-state index in [2.05, 4.69) is 45.5 Å². The Labute approximate surface area is 182 Å². The summed E-state index contributed by atoms with van der Waals surface area (Å²) in [5.74, 6) is 1.11. The third-order valence-electron chi connectivity index (χ3n) is 6.44. The zero-order valence-electron chi connectivity index (χ0n) is 18.4. The van der Waals surface area contributed by atoms with Crippen LogP contribution in [0.3, 0.4) is 0 Å². The van der Waals surface area contributed by atoms with Gasteiger partial charge in [-0.2, -0.15) is 9.61 Å². The van der Waals surface area contributed by atoms with Gasteiger partial charge in [0.05, 0.1) is 17.6 Å². The fraction of sp³-hybridized carbons (Fsp3) is 0.375. The normalized spacial score (nSPS) is 15.7. The maximum atomic E-state index is 6.23. The van der Waals surface area contributed by atoms with Gasteiger partial charge in [-0.15, -0.1) is 0 Å². The van der Waals surface area contributed by atoms with Gasteiger partial charge in [0, 0.05) is 47.9 Å². The van der Waals surface area contributed by atoms with E-state index in [-0.39, 0.29) is 0 Å². The Morgan fingerprint density at radius 2 is 1.90 bits per heavy atom. The number of likely N-dealkylation sites (tertiary alicyclic amines) is 1. The van der Waals surface area contributed by atoms with E-state index in [1.807, 2.05) is 37.5 Å². The molecule has 7 heteroatoms. The summed E-state index contributed by atoms with van der Waals surface area (Å²) >= 11 is 0. The van der Waals surface area contributed by atoms with E-state index >= 15 is 0 Å². The van der Waals surface area contributed by atoms with Crippen LogP contribution in [0.1, 0.15) is 47.1 Å². The molecule has 0 bridgehead atoms. The molecular formula is C24H29N7. The van der Waals surface area contributed by atoms with Gasteiger partial charge in [-0.3, -0.25) is 9.88 Å². The molecule has 5 heterocycles. The van der Waals surface area contributed by atoms with Gasteiger partial charge in [-0.05, 0) is 70.5 Å². The number of hydrogen-bond acceptors (Lipinski definition) is 5. The maximum Gasteiger partial charge on any atom is 0.157 e. The van der Waals surface area contributed by atoms with Crippen LogP contribution in [0, 0.1) is 20.8 Å². The molecule has 1 fully saturated rings. The lowest BCUT2D eigenvalue weighted by atomic mass is 9.93. The molecule has 1 saturated heterocycles. The Morgan fingerprint density at radius 3 is 2.65 bits per heavy atom. The molecule has 1 aliphatic heterocycles. The van der Waals surface area contributed by atoms with E-state index in [0.29, 0.717) is 11.7 Å². The van der Waals surface area contributed by atoms with Crippen LogP contribution in [0.2, 0.25) is 0 Å². The number of nitrogens with two attached hydrogens (primary N) is 1. The van der Waals surface area contributed by atoms with Crippen LogP contribution in [0.25, 0.3) is 11.3 Å². The van der Waals surface area contributed by atoms with Gasteiger partial charge >= 0.3 is 0 Å². The largest absolute Gasteiger partial charge is 0.384 e. The van der Waals surface area contributed by atoms with Gasteiger partial charge in [-0.1, -0.05) is 0 Å². The number of piperidine rings is 1. The predicted octanol–water partition coefficient (Wildman–Crippen LogP) is 3.80.